The summed E-state index contributed by atoms with van der Waals surface area (Å²) >= 11 is 1.34. The molecule has 2 heterocycles. The lowest BCUT2D eigenvalue weighted by Crippen LogP contribution is -2.04. The summed E-state index contributed by atoms with van der Waals surface area (Å²) in [6.45, 7) is 0. The third-order valence-corrected chi connectivity index (χ3v) is 3.83. The first-order valence-electron chi connectivity index (χ1n) is 6.15. The van der Waals surface area contributed by atoms with Crippen molar-refractivity contribution in [2.24, 2.45) is 0 Å². The maximum atomic E-state index is 11.0. The molecule has 0 spiro atoms. The molecule has 0 amide bonds. The molecule has 2 N–H and O–H groups in total. The van der Waals surface area contributed by atoms with E-state index in [0.717, 1.165) is 30.8 Å². The van der Waals surface area contributed by atoms with Gasteiger partial charge in [0.25, 0.3) is 0 Å². The van der Waals surface area contributed by atoms with Crippen LogP contribution in [-0.2, 0) is 0 Å². The van der Waals surface area contributed by atoms with Gasteiger partial charge in [0, 0.05) is 23.6 Å². The first kappa shape index (κ1) is 13.4. The lowest BCUT2D eigenvalue weighted by atomic mass is 10.2. The van der Waals surface area contributed by atoms with Crippen molar-refractivity contribution in [1.82, 2.24) is 9.97 Å². The molecule has 0 radical (unpaired) electrons. The molecule has 1 fully saturated rings. The first-order chi connectivity index (χ1) is 10.0. The molecule has 8 nitrogen and oxygen atoms in total. The third-order valence-electron chi connectivity index (χ3n) is 3.05. The Morgan fingerprint density at radius 1 is 1.52 bits per heavy atom. The normalized spacial score (nSPS) is 13.9. The maximum Gasteiger partial charge on any atom is 0.337 e. The zero-order valence-corrected chi connectivity index (χ0v) is 11.5. The van der Waals surface area contributed by atoms with Crippen LogP contribution in [0.25, 0.3) is 0 Å². The second-order valence-electron chi connectivity index (χ2n) is 4.63. The quantitative estimate of drug-likeness (QED) is 0.644. The number of thiazole rings is 1. The van der Waals surface area contributed by atoms with Gasteiger partial charge >= 0.3 is 11.7 Å². The molecule has 1 saturated carbocycles. The number of carboxylic acids is 1. The van der Waals surface area contributed by atoms with Gasteiger partial charge in [-0.3, -0.25) is 10.1 Å². The van der Waals surface area contributed by atoms with Gasteiger partial charge in [-0.1, -0.05) is 0 Å². The highest BCUT2D eigenvalue weighted by Gasteiger charge is 2.26. The average Bonchev–Trinajstić information content (AvgIpc) is 3.19. The second-order valence-corrected chi connectivity index (χ2v) is 5.49. The number of nitrogens with zero attached hydrogens (tertiary/aromatic N) is 3. The summed E-state index contributed by atoms with van der Waals surface area (Å²) in [6.07, 6.45) is 3.32. The number of aromatic nitrogens is 2. The highest BCUT2D eigenvalue weighted by Crippen LogP contribution is 2.41. The Morgan fingerprint density at radius 2 is 2.29 bits per heavy atom. The van der Waals surface area contributed by atoms with Gasteiger partial charge in [0.15, 0.2) is 5.13 Å². The Balaban J connectivity index is 1.89. The Morgan fingerprint density at radius 3 is 2.90 bits per heavy atom. The fourth-order valence-corrected chi connectivity index (χ4v) is 2.61. The van der Waals surface area contributed by atoms with E-state index in [-0.39, 0.29) is 11.4 Å². The van der Waals surface area contributed by atoms with Gasteiger partial charge in [-0.05, 0) is 12.8 Å². The molecule has 0 aromatic carbocycles. The minimum absolute atomic E-state index is 0.0123. The fourth-order valence-electron chi connectivity index (χ4n) is 1.82. The number of carboxylic acid groups (broad SMARTS) is 1. The van der Waals surface area contributed by atoms with Crippen molar-refractivity contribution >= 4 is 33.9 Å². The highest BCUT2D eigenvalue weighted by atomic mass is 32.1. The van der Waals surface area contributed by atoms with Crippen LogP contribution in [0.1, 0.15) is 34.8 Å². The third kappa shape index (κ3) is 2.82. The van der Waals surface area contributed by atoms with Gasteiger partial charge in [0.2, 0.25) is 5.82 Å². The SMILES string of the molecule is O=C(O)c1cnc(Nc2nc(C3CC3)cs2)c([N+](=O)[O-])c1. The number of anilines is 2. The molecule has 0 saturated heterocycles. The van der Waals surface area contributed by atoms with Crippen molar-refractivity contribution in [1.29, 1.82) is 0 Å². The number of hydrogen-bond donors (Lipinski definition) is 2. The molecule has 2 aromatic rings. The summed E-state index contributed by atoms with van der Waals surface area (Å²) in [5, 5.41) is 25.1. The van der Waals surface area contributed by atoms with Gasteiger partial charge < -0.3 is 10.4 Å². The molecular formula is C12H10N4O4S. The number of rotatable bonds is 5. The van der Waals surface area contributed by atoms with E-state index in [1.807, 2.05) is 5.38 Å². The Hall–Kier alpha value is -2.55. The van der Waals surface area contributed by atoms with E-state index in [1.54, 1.807) is 0 Å². The number of hydrogen-bond acceptors (Lipinski definition) is 7. The van der Waals surface area contributed by atoms with Crippen LogP contribution in [0.5, 0.6) is 0 Å². The van der Waals surface area contributed by atoms with Crippen LogP contribution in [-0.4, -0.2) is 26.0 Å². The summed E-state index contributed by atoms with van der Waals surface area (Å²) in [7, 11) is 0. The Labute approximate surface area is 122 Å². The van der Waals surface area contributed by atoms with E-state index in [0.29, 0.717) is 11.0 Å². The van der Waals surface area contributed by atoms with Gasteiger partial charge in [0.1, 0.15) is 0 Å². The molecule has 2 aromatic heterocycles. The van der Waals surface area contributed by atoms with Crippen molar-refractivity contribution in [3.8, 4) is 0 Å². The minimum atomic E-state index is -1.26. The molecule has 9 heteroatoms. The number of nitro groups is 1. The number of aromatic carboxylic acids is 1. The van der Waals surface area contributed by atoms with Crippen LogP contribution < -0.4 is 5.32 Å². The maximum absolute atomic E-state index is 11.0. The van der Waals surface area contributed by atoms with E-state index in [9.17, 15) is 14.9 Å². The molecule has 0 unspecified atom stereocenters. The molecule has 3 rings (SSSR count). The summed E-state index contributed by atoms with van der Waals surface area (Å²) < 4.78 is 0. The van der Waals surface area contributed by atoms with Crippen molar-refractivity contribution in [2.75, 3.05) is 5.32 Å². The van der Waals surface area contributed by atoms with Gasteiger partial charge in [0.05, 0.1) is 16.2 Å². The van der Waals surface area contributed by atoms with Crippen LogP contribution in [0, 0.1) is 10.1 Å². The summed E-state index contributed by atoms with van der Waals surface area (Å²) in [6, 6.07) is 0.979. The van der Waals surface area contributed by atoms with E-state index >= 15 is 0 Å². The molecular weight excluding hydrogens is 296 g/mol. The molecule has 108 valence electrons. The van der Waals surface area contributed by atoms with Crippen molar-refractivity contribution in [3.05, 3.63) is 39.0 Å². The van der Waals surface area contributed by atoms with Crippen molar-refractivity contribution in [3.63, 3.8) is 0 Å². The van der Waals surface area contributed by atoms with E-state index < -0.39 is 16.6 Å². The van der Waals surface area contributed by atoms with E-state index in [1.165, 1.54) is 11.3 Å². The molecule has 1 aliphatic carbocycles. The molecule has 0 bridgehead atoms. The molecule has 21 heavy (non-hydrogen) atoms. The smallest absolute Gasteiger partial charge is 0.337 e. The predicted molar refractivity (Wildman–Crippen MR) is 75.2 cm³/mol. The van der Waals surface area contributed by atoms with Gasteiger partial charge in [-0.25, -0.2) is 14.8 Å². The fraction of sp³-hybridized carbons (Fsp3) is 0.250. The van der Waals surface area contributed by atoms with Gasteiger partial charge in [-0.15, -0.1) is 11.3 Å². The largest absolute Gasteiger partial charge is 0.478 e. The second kappa shape index (κ2) is 5.09. The minimum Gasteiger partial charge on any atom is -0.478 e. The van der Waals surface area contributed by atoms with Crippen LogP contribution in [0.3, 0.4) is 0 Å². The molecule has 0 atom stereocenters. The van der Waals surface area contributed by atoms with Crippen LogP contribution >= 0.6 is 11.3 Å². The lowest BCUT2D eigenvalue weighted by molar-refractivity contribution is -0.384. The average molecular weight is 306 g/mol. The predicted octanol–water partition coefficient (Wildman–Crippen LogP) is 2.77. The van der Waals surface area contributed by atoms with Crippen molar-refractivity contribution < 1.29 is 14.8 Å². The number of carbonyl (C=O) groups is 1. The van der Waals surface area contributed by atoms with E-state index in [4.69, 9.17) is 5.11 Å². The Kier molecular flexibility index (Phi) is 3.26. The Bertz CT molecular complexity index is 726. The summed E-state index contributed by atoms with van der Waals surface area (Å²) in [4.78, 5) is 29.4. The first-order valence-corrected chi connectivity index (χ1v) is 7.02. The standard InChI is InChI=1S/C12H10N4O4S/c17-11(18)7-3-9(16(19)20)10(13-4-7)15-12-14-8(5-21-12)6-1-2-6/h3-6H,1-2H2,(H,17,18)(H,13,14,15). The van der Waals surface area contributed by atoms with Crippen LogP contribution in [0.2, 0.25) is 0 Å². The molecule has 0 aliphatic heterocycles. The van der Waals surface area contributed by atoms with Crippen molar-refractivity contribution in [2.45, 2.75) is 18.8 Å². The van der Waals surface area contributed by atoms with E-state index in [2.05, 4.69) is 15.3 Å². The lowest BCUT2D eigenvalue weighted by Gasteiger charge is -2.03. The summed E-state index contributed by atoms with van der Waals surface area (Å²) in [5.41, 5.74) is 0.357. The van der Waals surface area contributed by atoms with Crippen LogP contribution in [0.4, 0.5) is 16.6 Å². The monoisotopic (exact) mass is 306 g/mol. The summed E-state index contributed by atoms with van der Waals surface area (Å²) in [5.74, 6) is -0.779. The van der Waals surface area contributed by atoms with Crippen LogP contribution in [0.15, 0.2) is 17.6 Å². The highest BCUT2D eigenvalue weighted by molar-refractivity contribution is 7.13. The zero-order valence-electron chi connectivity index (χ0n) is 10.6. The topological polar surface area (TPSA) is 118 Å². The zero-order chi connectivity index (χ0) is 15.0. The number of pyridine rings is 1. The molecule has 1 aliphatic rings. The number of nitrogens with one attached hydrogen (secondary N) is 1. The van der Waals surface area contributed by atoms with Gasteiger partial charge in [-0.2, -0.15) is 0 Å².